The molecule has 8 heteroatoms. The molecule has 0 radical (unpaired) electrons. The maximum Gasteiger partial charge on any atom is 0.274 e. The van der Waals surface area contributed by atoms with E-state index < -0.39 is 0 Å². The summed E-state index contributed by atoms with van der Waals surface area (Å²) in [7, 11) is 1.62. The van der Waals surface area contributed by atoms with Crippen LogP contribution in [0.3, 0.4) is 0 Å². The molecule has 2 rings (SSSR count). The lowest BCUT2D eigenvalue weighted by atomic mass is 10.2. The molecule has 0 aliphatic carbocycles. The quantitative estimate of drug-likeness (QED) is 0.640. The van der Waals surface area contributed by atoms with Gasteiger partial charge in [-0.05, 0) is 20.3 Å². The van der Waals surface area contributed by atoms with Crippen molar-refractivity contribution in [2.75, 3.05) is 39.9 Å². The highest BCUT2D eigenvalue weighted by Crippen LogP contribution is 2.12. The molecule has 0 bridgehead atoms. The Kier molecular flexibility index (Phi) is 7.93. The summed E-state index contributed by atoms with van der Waals surface area (Å²) in [6.07, 6.45) is 5.49. The monoisotopic (exact) mass is 364 g/mol. The molecule has 2 heterocycles. The summed E-state index contributed by atoms with van der Waals surface area (Å²) < 4.78 is 10.7. The summed E-state index contributed by atoms with van der Waals surface area (Å²) in [5, 5.41) is 0. The lowest BCUT2D eigenvalue weighted by molar-refractivity contribution is -0.143. The minimum atomic E-state index is -0.217. The molecule has 0 N–H and O–H groups in total. The highest BCUT2D eigenvalue weighted by atomic mass is 16.5. The maximum absolute atomic E-state index is 12.7. The van der Waals surface area contributed by atoms with E-state index in [9.17, 15) is 9.59 Å². The highest BCUT2D eigenvalue weighted by molar-refractivity contribution is 5.92. The van der Waals surface area contributed by atoms with Crippen LogP contribution < -0.4 is 0 Å². The second-order valence-electron chi connectivity index (χ2n) is 6.54. The Bertz CT molecular complexity index is 574. The number of amides is 2. The van der Waals surface area contributed by atoms with Gasteiger partial charge in [-0.25, -0.2) is 4.98 Å². The molecule has 1 fully saturated rings. The largest absolute Gasteiger partial charge is 0.385 e. The van der Waals surface area contributed by atoms with Crippen molar-refractivity contribution in [2.24, 2.45) is 0 Å². The molecule has 1 saturated heterocycles. The van der Waals surface area contributed by atoms with Gasteiger partial charge in [-0.1, -0.05) is 0 Å². The van der Waals surface area contributed by atoms with E-state index in [1.165, 1.54) is 18.6 Å². The number of nitrogens with zero attached hydrogens (tertiary/aromatic N) is 4. The third-order valence-corrected chi connectivity index (χ3v) is 4.21. The first-order valence-corrected chi connectivity index (χ1v) is 8.98. The van der Waals surface area contributed by atoms with Gasteiger partial charge in [0.15, 0.2) is 0 Å². The maximum atomic E-state index is 12.7. The summed E-state index contributed by atoms with van der Waals surface area (Å²) >= 11 is 0. The SMILES string of the molecule is COCCCN(CCC(=O)N1CC(C)OC(C)C1)C(=O)c1cnccn1. The normalized spacial score (nSPS) is 20.0. The zero-order chi connectivity index (χ0) is 18.9. The van der Waals surface area contributed by atoms with Crippen LogP contribution >= 0.6 is 0 Å². The Balaban J connectivity index is 1.95. The lowest BCUT2D eigenvalue weighted by Crippen LogP contribution is -2.49. The summed E-state index contributed by atoms with van der Waals surface area (Å²) in [5.74, 6) is -0.179. The molecular weight excluding hydrogens is 336 g/mol. The van der Waals surface area contributed by atoms with Crippen LogP contribution in [0.5, 0.6) is 0 Å². The van der Waals surface area contributed by atoms with Crippen molar-refractivity contribution in [3.8, 4) is 0 Å². The molecule has 0 saturated carbocycles. The van der Waals surface area contributed by atoms with Crippen LogP contribution in [0, 0.1) is 0 Å². The number of hydrogen-bond acceptors (Lipinski definition) is 6. The molecule has 8 nitrogen and oxygen atoms in total. The first-order valence-electron chi connectivity index (χ1n) is 8.98. The number of methoxy groups -OCH3 is 1. The summed E-state index contributed by atoms with van der Waals surface area (Å²) in [6.45, 7) is 6.51. The molecule has 1 aromatic heterocycles. The highest BCUT2D eigenvalue weighted by Gasteiger charge is 2.26. The molecule has 1 aromatic rings. The average molecular weight is 364 g/mol. The van der Waals surface area contributed by atoms with Crippen LogP contribution in [0.1, 0.15) is 37.2 Å². The van der Waals surface area contributed by atoms with Gasteiger partial charge in [-0.2, -0.15) is 0 Å². The summed E-state index contributed by atoms with van der Waals surface area (Å²) in [5.41, 5.74) is 0.283. The van der Waals surface area contributed by atoms with Crippen molar-refractivity contribution < 1.29 is 19.1 Å². The fourth-order valence-electron chi connectivity index (χ4n) is 3.06. The van der Waals surface area contributed by atoms with Crippen molar-refractivity contribution in [1.29, 1.82) is 0 Å². The summed E-state index contributed by atoms with van der Waals surface area (Å²) in [4.78, 5) is 36.7. The molecule has 1 aliphatic heterocycles. The number of morpholine rings is 1. The number of rotatable bonds is 8. The van der Waals surface area contributed by atoms with Crippen LogP contribution in [0.25, 0.3) is 0 Å². The fourth-order valence-corrected chi connectivity index (χ4v) is 3.06. The van der Waals surface area contributed by atoms with Crippen molar-refractivity contribution in [3.63, 3.8) is 0 Å². The van der Waals surface area contributed by atoms with E-state index in [0.29, 0.717) is 39.2 Å². The van der Waals surface area contributed by atoms with E-state index in [0.717, 1.165) is 0 Å². The van der Waals surface area contributed by atoms with Gasteiger partial charge in [0.05, 0.1) is 18.4 Å². The predicted molar refractivity (Wildman–Crippen MR) is 95.6 cm³/mol. The number of ether oxygens (including phenoxy) is 2. The summed E-state index contributed by atoms with van der Waals surface area (Å²) in [6, 6.07) is 0. The molecule has 0 aromatic carbocycles. The van der Waals surface area contributed by atoms with Crippen molar-refractivity contribution in [1.82, 2.24) is 19.8 Å². The number of aromatic nitrogens is 2. The fraction of sp³-hybridized carbons (Fsp3) is 0.667. The Labute approximate surface area is 154 Å². The number of carbonyl (C=O) groups excluding carboxylic acids is 2. The van der Waals surface area contributed by atoms with Gasteiger partial charge in [0.1, 0.15) is 5.69 Å². The van der Waals surface area contributed by atoms with Crippen molar-refractivity contribution >= 4 is 11.8 Å². The van der Waals surface area contributed by atoms with E-state index in [4.69, 9.17) is 9.47 Å². The van der Waals surface area contributed by atoms with Gasteiger partial charge in [0.2, 0.25) is 5.91 Å². The second-order valence-corrected chi connectivity index (χ2v) is 6.54. The van der Waals surface area contributed by atoms with Gasteiger partial charge in [0.25, 0.3) is 5.91 Å². The molecule has 144 valence electrons. The zero-order valence-electron chi connectivity index (χ0n) is 15.8. The Hall–Kier alpha value is -2.06. The predicted octanol–water partition coefficient (Wildman–Crippen LogP) is 0.981. The minimum absolute atomic E-state index is 0.0294. The zero-order valence-corrected chi connectivity index (χ0v) is 15.8. The van der Waals surface area contributed by atoms with Gasteiger partial charge in [-0.15, -0.1) is 0 Å². The molecule has 1 aliphatic rings. The van der Waals surface area contributed by atoms with Crippen LogP contribution in [0.4, 0.5) is 0 Å². The van der Waals surface area contributed by atoms with Crippen LogP contribution in [-0.4, -0.2) is 83.7 Å². The molecule has 2 unspecified atom stereocenters. The van der Waals surface area contributed by atoms with Crippen LogP contribution in [-0.2, 0) is 14.3 Å². The third-order valence-electron chi connectivity index (χ3n) is 4.21. The standard InChI is InChI=1S/C18H28N4O4/c1-14-12-22(13-15(2)26-14)17(23)5-9-21(8-4-10-25-3)18(24)16-11-19-6-7-20-16/h6-7,11,14-15H,4-5,8-10,12-13H2,1-3H3. The molecule has 26 heavy (non-hydrogen) atoms. The Morgan fingerprint density at radius 1 is 1.27 bits per heavy atom. The minimum Gasteiger partial charge on any atom is -0.385 e. The Morgan fingerprint density at radius 3 is 2.62 bits per heavy atom. The van der Waals surface area contributed by atoms with E-state index in [2.05, 4.69) is 9.97 Å². The Morgan fingerprint density at radius 2 is 2.00 bits per heavy atom. The molecular formula is C18H28N4O4. The van der Waals surface area contributed by atoms with E-state index in [1.54, 1.807) is 12.0 Å². The van der Waals surface area contributed by atoms with Crippen LogP contribution in [0.15, 0.2) is 18.6 Å². The van der Waals surface area contributed by atoms with Gasteiger partial charge >= 0.3 is 0 Å². The van der Waals surface area contributed by atoms with Gasteiger partial charge in [-0.3, -0.25) is 14.6 Å². The number of hydrogen-bond donors (Lipinski definition) is 0. The topological polar surface area (TPSA) is 84.9 Å². The van der Waals surface area contributed by atoms with E-state index in [-0.39, 0.29) is 36.1 Å². The second kappa shape index (κ2) is 10.2. The third kappa shape index (κ3) is 6.03. The molecule has 2 amide bonds. The smallest absolute Gasteiger partial charge is 0.274 e. The first kappa shape index (κ1) is 20.3. The molecule has 0 spiro atoms. The average Bonchev–Trinajstić information content (AvgIpc) is 2.63. The van der Waals surface area contributed by atoms with E-state index >= 15 is 0 Å². The molecule has 2 atom stereocenters. The van der Waals surface area contributed by atoms with Crippen molar-refractivity contribution in [3.05, 3.63) is 24.3 Å². The van der Waals surface area contributed by atoms with Gasteiger partial charge in [0, 0.05) is 58.7 Å². The van der Waals surface area contributed by atoms with E-state index in [1.807, 2.05) is 18.7 Å². The lowest BCUT2D eigenvalue weighted by Gasteiger charge is -2.35. The van der Waals surface area contributed by atoms with Crippen LogP contribution in [0.2, 0.25) is 0 Å². The van der Waals surface area contributed by atoms with Crippen molar-refractivity contribution in [2.45, 2.75) is 38.9 Å². The first-order chi connectivity index (χ1) is 12.5. The number of carbonyl (C=O) groups is 2. The van der Waals surface area contributed by atoms with Gasteiger partial charge < -0.3 is 19.3 Å².